The predicted molar refractivity (Wildman–Crippen MR) is 115 cm³/mol. The molecule has 0 bridgehead atoms. The highest BCUT2D eigenvalue weighted by Crippen LogP contribution is 2.31. The SMILES string of the molecule is COc1ccc(OC)c([C@H](C)NC(=O)CN2CCC[C@@H]2C[C@@H](O)c2cccs2)c1. The fourth-order valence-corrected chi connectivity index (χ4v) is 4.68. The van der Waals surface area contributed by atoms with Gasteiger partial charge in [0.1, 0.15) is 11.5 Å². The van der Waals surface area contributed by atoms with E-state index in [0.29, 0.717) is 13.0 Å². The van der Waals surface area contributed by atoms with E-state index in [9.17, 15) is 9.90 Å². The number of likely N-dealkylation sites (tertiary alicyclic amines) is 1. The van der Waals surface area contributed by atoms with E-state index in [1.54, 1.807) is 25.6 Å². The largest absolute Gasteiger partial charge is 0.497 e. The Bertz CT molecular complexity index is 796. The van der Waals surface area contributed by atoms with Crippen molar-refractivity contribution in [1.29, 1.82) is 0 Å². The lowest BCUT2D eigenvalue weighted by atomic mass is 10.1. The minimum absolute atomic E-state index is 0.0279. The number of nitrogens with zero attached hydrogens (tertiary/aromatic N) is 1. The van der Waals surface area contributed by atoms with Crippen LogP contribution in [-0.2, 0) is 4.79 Å². The van der Waals surface area contributed by atoms with Crippen molar-refractivity contribution < 1.29 is 19.4 Å². The summed E-state index contributed by atoms with van der Waals surface area (Å²) in [5.41, 5.74) is 0.881. The number of nitrogens with one attached hydrogen (secondary N) is 1. The molecule has 158 valence electrons. The molecule has 1 fully saturated rings. The van der Waals surface area contributed by atoms with Gasteiger partial charge in [0.2, 0.25) is 5.91 Å². The fourth-order valence-electron chi connectivity index (χ4n) is 3.95. The van der Waals surface area contributed by atoms with Crippen LogP contribution in [0.15, 0.2) is 35.7 Å². The summed E-state index contributed by atoms with van der Waals surface area (Å²) in [6.07, 6.45) is 2.25. The predicted octanol–water partition coefficient (Wildman–Crippen LogP) is 3.53. The number of thiophene rings is 1. The molecule has 2 aromatic rings. The van der Waals surface area contributed by atoms with Gasteiger partial charge in [0.25, 0.3) is 0 Å². The first kappa shape index (κ1) is 21.6. The number of hydrogen-bond acceptors (Lipinski definition) is 6. The van der Waals surface area contributed by atoms with E-state index in [2.05, 4.69) is 10.2 Å². The van der Waals surface area contributed by atoms with E-state index in [1.807, 2.05) is 42.6 Å². The first-order valence-electron chi connectivity index (χ1n) is 9.98. The Balaban J connectivity index is 1.58. The Kier molecular flexibility index (Phi) is 7.52. The Morgan fingerprint density at radius 2 is 2.17 bits per heavy atom. The average Bonchev–Trinajstić information content (AvgIpc) is 3.40. The molecule has 0 saturated carbocycles. The first-order valence-corrected chi connectivity index (χ1v) is 10.9. The van der Waals surface area contributed by atoms with Gasteiger partial charge < -0.3 is 19.9 Å². The van der Waals surface area contributed by atoms with Gasteiger partial charge in [-0.3, -0.25) is 9.69 Å². The van der Waals surface area contributed by atoms with E-state index in [1.165, 1.54) is 0 Å². The van der Waals surface area contributed by atoms with Crippen LogP contribution in [0.5, 0.6) is 11.5 Å². The molecule has 0 unspecified atom stereocenters. The summed E-state index contributed by atoms with van der Waals surface area (Å²) in [7, 11) is 3.24. The van der Waals surface area contributed by atoms with Crippen molar-refractivity contribution in [2.45, 2.75) is 44.4 Å². The smallest absolute Gasteiger partial charge is 0.234 e. The Morgan fingerprint density at radius 3 is 2.86 bits per heavy atom. The highest BCUT2D eigenvalue weighted by atomic mass is 32.1. The van der Waals surface area contributed by atoms with E-state index in [0.717, 1.165) is 41.3 Å². The zero-order valence-electron chi connectivity index (χ0n) is 17.3. The molecule has 2 heterocycles. The lowest BCUT2D eigenvalue weighted by Crippen LogP contribution is -2.41. The molecule has 6 nitrogen and oxygen atoms in total. The normalized spacial score (nSPS) is 19.0. The van der Waals surface area contributed by atoms with Gasteiger partial charge in [0, 0.05) is 16.5 Å². The molecule has 1 amide bonds. The van der Waals surface area contributed by atoms with Gasteiger partial charge in [0.15, 0.2) is 0 Å². The van der Waals surface area contributed by atoms with Crippen LogP contribution in [0.2, 0.25) is 0 Å². The van der Waals surface area contributed by atoms with Crippen LogP contribution in [0.1, 0.15) is 48.8 Å². The van der Waals surface area contributed by atoms with Crippen molar-refractivity contribution in [3.63, 3.8) is 0 Å². The highest BCUT2D eigenvalue weighted by molar-refractivity contribution is 7.10. The zero-order valence-corrected chi connectivity index (χ0v) is 18.1. The van der Waals surface area contributed by atoms with E-state index in [4.69, 9.17) is 9.47 Å². The highest BCUT2D eigenvalue weighted by Gasteiger charge is 2.29. The Labute approximate surface area is 176 Å². The second-order valence-corrected chi connectivity index (χ2v) is 8.41. The standard InChI is InChI=1S/C22H30N2O4S/c1-15(18-13-17(27-2)8-9-20(18)28-3)23-22(26)14-24-10-4-6-16(24)12-19(25)21-7-5-11-29-21/h5,7-9,11,13,15-16,19,25H,4,6,10,12,14H2,1-3H3,(H,23,26)/t15-,16+,19+/m0/s1. The number of carbonyl (C=O) groups excluding carboxylic acids is 1. The van der Waals surface area contributed by atoms with Crippen molar-refractivity contribution in [3.05, 3.63) is 46.2 Å². The summed E-state index contributed by atoms with van der Waals surface area (Å²) in [5, 5.41) is 15.5. The van der Waals surface area contributed by atoms with Crippen molar-refractivity contribution in [2.24, 2.45) is 0 Å². The van der Waals surface area contributed by atoms with Gasteiger partial charge in [-0.15, -0.1) is 11.3 Å². The second-order valence-electron chi connectivity index (χ2n) is 7.43. The molecular weight excluding hydrogens is 388 g/mol. The van der Waals surface area contributed by atoms with Gasteiger partial charge in [-0.05, 0) is 62.4 Å². The van der Waals surface area contributed by atoms with Crippen LogP contribution in [-0.4, -0.2) is 49.3 Å². The molecule has 0 spiro atoms. The number of rotatable bonds is 9. The van der Waals surface area contributed by atoms with Gasteiger partial charge in [-0.25, -0.2) is 0 Å². The molecule has 2 N–H and O–H groups in total. The van der Waals surface area contributed by atoms with Gasteiger partial charge in [-0.2, -0.15) is 0 Å². The molecule has 1 aliphatic rings. The molecule has 1 saturated heterocycles. The minimum Gasteiger partial charge on any atom is -0.497 e. The third-order valence-corrected chi connectivity index (χ3v) is 6.47. The number of methoxy groups -OCH3 is 2. The number of carbonyl (C=O) groups is 1. The Morgan fingerprint density at radius 1 is 1.34 bits per heavy atom. The lowest BCUT2D eigenvalue weighted by Gasteiger charge is -2.26. The van der Waals surface area contributed by atoms with Crippen molar-refractivity contribution in [1.82, 2.24) is 10.2 Å². The van der Waals surface area contributed by atoms with Crippen molar-refractivity contribution in [2.75, 3.05) is 27.3 Å². The zero-order chi connectivity index (χ0) is 20.8. The molecular formula is C22H30N2O4S. The lowest BCUT2D eigenvalue weighted by molar-refractivity contribution is -0.123. The number of amides is 1. The molecule has 1 aliphatic heterocycles. The summed E-state index contributed by atoms with van der Waals surface area (Å²) < 4.78 is 10.7. The quantitative estimate of drug-likeness (QED) is 0.652. The number of aliphatic hydroxyl groups is 1. The van der Waals surface area contributed by atoms with Crippen LogP contribution < -0.4 is 14.8 Å². The molecule has 3 atom stereocenters. The molecule has 7 heteroatoms. The van der Waals surface area contributed by atoms with Crippen LogP contribution >= 0.6 is 11.3 Å². The summed E-state index contributed by atoms with van der Waals surface area (Å²) in [4.78, 5) is 15.9. The van der Waals surface area contributed by atoms with Crippen LogP contribution in [0.4, 0.5) is 0 Å². The maximum atomic E-state index is 12.7. The molecule has 0 aliphatic carbocycles. The molecule has 3 rings (SSSR count). The monoisotopic (exact) mass is 418 g/mol. The number of hydrogen-bond donors (Lipinski definition) is 2. The molecule has 29 heavy (non-hydrogen) atoms. The molecule has 1 aromatic carbocycles. The van der Waals surface area contributed by atoms with E-state index < -0.39 is 6.10 Å². The van der Waals surface area contributed by atoms with Crippen molar-refractivity contribution >= 4 is 17.2 Å². The summed E-state index contributed by atoms with van der Waals surface area (Å²) in [6.45, 7) is 3.15. The summed E-state index contributed by atoms with van der Waals surface area (Å²) in [6, 6.07) is 9.51. The third-order valence-electron chi connectivity index (χ3n) is 5.49. The van der Waals surface area contributed by atoms with Crippen molar-refractivity contribution in [3.8, 4) is 11.5 Å². The summed E-state index contributed by atoms with van der Waals surface area (Å²) in [5.74, 6) is 1.42. The van der Waals surface area contributed by atoms with E-state index in [-0.39, 0.29) is 18.0 Å². The molecule has 0 radical (unpaired) electrons. The summed E-state index contributed by atoms with van der Waals surface area (Å²) >= 11 is 1.57. The Hall–Kier alpha value is -2.09. The first-order chi connectivity index (χ1) is 14.0. The molecule has 1 aromatic heterocycles. The number of benzene rings is 1. The maximum Gasteiger partial charge on any atom is 0.234 e. The van der Waals surface area contributed by atoms with E-state index >= 15 is 0 Å². The maximum absolute atomic E-state index is 12.7. The van der Waals surface area contributed by atoms with Crippen LogP contribution in [0, 0.1) is 0 Å². The number of ether oxygens (including phenoxy) is 2. The number of aliphatic hydroxyl groups excluding tert-OH is 1. The van der Waals surface area contributed by atoms with Gasteiger partial charge in [0.05, 0.1) is 32.9 Å². The second kappa shape index (κ2) is 10.1. The van der Waals surface area contributed by atoms with Gasteiger partial charge >= 0.3 is 0 Å². The van der Waals surface area contributed by atoms with Gasteiger partial charge in [-0.1, -0.05) is 6.07 Å². The fraction of sp³-hybridized carbons (Fsp3) is 0.500. The van der Waals surface area contributed by atoms with Crippen LogP contribution in [0.3, 0.4) is 0 Å². The average molecular weight is 419 g/mol. The van der Waals surface area contributed by atoms with Crippen LogP contribution in [0.25, 0.3) is 0 Å². The topological polar surface area (TPSA) is 71.0 Å². The minimum atomic E-state index is -0.469. The third kappa shape index (κ3) is 5.50.